The van der Waals surface area contributed by atoms with Crippen LogP contribution < -0.4 is 5.32 Å². The van der Waals surface area contributed by atoms with Crippen LogP contribution in [0.5, 0.6) is 0 Å². The molecule has 0 unspecified atom stereocenters. The summed E-state index contributed by atoms with van der Waals surface area (Å²) in [5.41, 5.74) is 6.70. The number of aromatic nitrogens is 2. The van der Waals surface area contributed by atoms with Gasteiger partial charge in [0.05, 0.1) is 16.9 Å². The molecule has 29 heavy (non-hydrogen) atoms. The highest BCUT2D eigenvalue weighted by atomic mass is 16.4. The molecule has 0 amide bonds. The lowest BCUT2D eigenvalue weighted by Crippen LogP contribution is -2.05. The fourth-order valence-corrected chi connectivity index (χ4v) is 3.79. The molecule has 0 fully saturated rings. The van der Waals surface area contributed by atoms with Gasteiger partial charge in [0.15, 0.2) is 0 Å². The standard InChI is InChI=1S/C24H19N3O2/c28-24(29)19-10-12-20(13-11-19)27-23-21(14-15-25-23)22(26-27)18-8-6-17(7-9-18)16-4-2-1-3-5-16/h1-13,25H,14-15H2,(H,28,29). The molecule has 0 atom stereocenters. The van der Waals surface area contributed by atoms with Crippen LogP contribution in [0.3, 0.4) is 0 Å². The van der Waals surface area contributed by atoms with Gasteiger partial charge in [-0.05, 0) is 41.8 Å². The maximum atomic E-state index is 11.1. The minimum Gasteiger partial charge on any atom is -0.478 e. The average molecular weight is 381 g/mol. The molecule has 0 bridgehead atoms. The maximum Gasteiger partial charge on any atom is 0.335 e. The predicted octanol–water partition coefficient (Wildman–Crippen LogP) is 4.87. The number of carbonyl (C=O) groups is 1. The SMILES string of the molecule is O=C(O)c1ccc(-n2nc(-c3ccc(-c4ccccc4)cc3)c3c2NCC3)cc1. The molecule has 0 saturated carbocycles. The van der Waals surface area contributed by atoms with E-state index in [1.165, 1.54) is 16.7 Å². The summed E-state index contributed by atoms with van der Waals surface area (Å²) < 4.78 is 1.87. The summed E-state index contributed by atoms with van der Waals surface area (Å²) in [5.74, 6) is 0.0507. The summed E-state index contributed by atoms with van der Waals surface area (Å²) in [5, 5.41) is 17.4. The highest BCUT2D eigenvalue weighted by Gasteiger charge is 2.24. The smallest absolute Gasteiger partial charge is 0.335 e. The van der Waals surface area contributed by atoms with Gasteiger partial charge in [0, 0.05) is 17.7 Å². The third-order valence-electron chi connectivity index (χ3n) is 5.28. The molecule has 1 aliphatic heterocycles. The molecular formula is C24H19N3O2. The van der Waals surface area contributed by atoms with Gasteiger partial charge in [-0.15, -0.1) is 0 Å². The minimum absolute atomic E-state index is 0.266. The average Bonchev–Trinajstić information content (AvgIpc) is 3.38. The minimum atomic E-state index is -0.931. The number of aromatic carboxylic acids is 1. The second-order valence-electron chi connectivity index (χ2n) is 7.06. The number of hydrogen-bond donors (Lipinski definition) is 2. The summed E-state index contributed by atoms with van der Waals surface area (Å²) in [4.78, 5) is 11.1. The van der Waals surface area contributed by atoms with E-state index in [2.05, 4.69) is 41.7 Å². The summed E-state index contributed by atoms with van der Waals surface area (Å²) >= 11 is 0. The van der Waals surface area contributed by atoms with Crippen molar-refractivity contribution in [1.29, 1.82) is 0 Å². The lowest BCUT2D eigenvalue weighted by molar-refractivity contribution is 0.0697. The molecule has 1 aromatic heterocycles. The van der Waals surface area contributed by atoms with Crippen LogP contribution in [0, 0.1) is 0 Å². The zero-order valence-corrected chi connectivity index (χ0v) is 15.7. The van der Waals surface area contributed by atoms with E-state index in [4.69, 9.17) is 10.2 Å². The molecule has 0 spiro atoms. The second kappa shape index (κ2) is 6.95. The van der Waals surface area contributed by atoms with Crippen molar-refractivity contribution >= 4 is 11.8 Å². The van der Waals surface area contributed by atoms with Gasteiger partial charge in [-0.1, -0.05) is 54.6 Å². The van der Waals surface area contributed by atoms with E-state index in [1.54, 1.807) is 24.3 Å². The quantitative estimate of drug-likeness (QED) is 0.529. The van der Waals surface area contributed by atoms with Crippen LogP contribution in [0.1, 0.15) is 15.9 Å². The van der Waals surface area contributed by atoms with E-state index in [0.717, 1.165) is 35.7 Å². The van der Waals surface area contributed by atoms with Crippen molar-refractivity contribution in [2.24, 2.45) is 0 Å². The Kier molecular flexibility index (Phi) is 4.13. The van der Waals surface area contributed by atoms with Gasteiger partial charge in [0.25, 0.3) is 0 Å². The Labute approximate surface area is 168 Å². The number of nitrogens with zero attached hydrogens (tertiary/aromatic N) is 2. The first-order valence-corrected chi connectivity index (χ1v) is 9.56. The molecular weight excluding hydrogens is 362 g/mol. The number of hydrogen-bond acceptors (Lipinski definition) is 3. The first kappa shape index (κ1) is 17.3. The Morgan fingerprint density at radius 3 is 2.21 bits per heavy atom. The van der Waals surface area contributed by atoms with Crippen LogP contribution in [-0.2, 0) is 6.42 Å². The van der Waals surface area contributed by atoms with Crippen molar-refractivity contribution in [1.82, 2.24) is 9.78 Å². The fraction of sp³-hybridized carbons (Fsp3) is 0.0833. The predicted molar refractivity (Wildman–Crippen MR) is 114 cm³/mol. The van der Waals surface area contributed by atoms with Crippen molar-refractivity contribution in [3.05, 3.63) is 90.0 Å². The Balaban J connectivity index is 1.53. The highest BCUT2D eigenvalue weighted by molar-refractivity contribution is 5.87. The molecule has 0 saturated heterocycles. The third kappa shape index (κ3) is 3.06. The van der Waals surface area contributed by atoms with Gasteiger partial charge < -0.3 is 10.4 Å². The monoisotopic (exact) mass is 381 g/mol. The number of benzene rings is 3. The van der Waals surface area contributed by atoms with E-state index in [1.807, 2.05) is 22.9 Å². The number of fused-ring (bicyclic) bond motifs is 1. The largest absolute Gasteiger partial charge is 0.478 e. The van der Waals surface area contributed by atoms with Gasteiger partial charge in [0.2, 0.25) is 0 Å². The first-order chi connectivity index (χ1) is 14.2. The molecule has 1 aliphatic rings. The molecule has 5 rings (SSSR count). The molecule has 0 radical (unpaired) electrons. The van der Waals surface area contributed by atoms with E-state index in [-0.39, 0.29) is 5.56 Å². The molecule has 2 N–H and O–H groups in total. The molecule has 5 heteroatoms. The van der Waals surface area contributed by atoms with E-state index in [9.17, 15) is 4.79 Å². The molecule has 0 aliphatic carbocycles. The first-order valence-electron chi connectivity index (χ1n) is 9.56. The fourth-order valence-electron chi connectivity index (χ4n) is 3.79. The molecule has 5 nitrogen and oxygen atoms in total. The van der Waals surface area contributed by atoms with Crippen LogP contribution in [-0.4, -0.2) is 27.4 Å². The lowest BCUT2D eigenvalue weighted by Gasteiger charge is -2.07. The topological polar surface area (TPSA) is 67.1 Å². The number of nitrogens with one attached hydrogen (secondary N) is 1. The van der Waals surface area contributed by atoms with Crippen molar-refractivity contribution < 1.29 is 9.90 Å². The van der Waals surface area contributed by atoms with Crippen molar-refractivity contribution in [3.63, 3.8) is 0 Å². The summed E-state index contributed by atoms with van der Waals surface area (Å²) in [6, 6.07) is 25.6. The van der Waals surface area contributed by atoms with Crippen molar-refractivity contribution in [2.45, 2.75) is 6.42 Å². The molecule has 142 valence electrons. The number of anilines is 1. The Morgan fingerprint density at radius 1 is 0.862 bits per heavy atom. The number of carboxylic acids is 1. The highest BCUT2D eigenvalue weighted by Crippen LogP contribution is 2.35. The molecule has 3 aromatic carbocycles. The zero-order valence-electron chi connectivity index (χ0n) is 15.7. The molecule has 2 heterocycles. The van der Waals surface area contributed by atoms with Crippen molar-refractivity contribution in [3.8, 4) is 28.1 Å². The van der Waals surface area contributed by atoms with Crippen LogP contribution in [0.15, 0.2) is 78.9 Å². The van der Waals surface area contributed by atoms with Crippen LogP contribution in [0.4, 0.5) is 5.82 Å². The van der Waals surface area contributed by atoms with E-state index in [0.29, 0.717) is 0 Å². The zero-order chi connectivity index (χ0) is 19.8. The normalized spacial score (nSPS) is 12.4. The lowest BCUT2D eigenvalue weighted by atomic mass is 10.0. The Morgan fingerprint density at radius 2 is 1.52 bits per heavy atom. The van der Waals surface area contributed by atoms with Crippen molar-refractivity contribution in [2.75, 3.05) is 11.9 Å². The second-order valence-corrected chi connectivity index (χ2v) is 7.06. The third-order valence-corrected chi connectivity index (χ3v) is 5.28. The number of rotatable bonds is 4. The Hall–Kier alpha value is -3.86. The molecule has 4 aromatic rings. The number of carboxylic acid groups (broad SMARTS) is 1. The van der Waals surface area contributed by atoms with Crippen LogP contribution >= 0.6 is 0 Å². The van der Waals surface area contributed by atoms with Gasteiger partial charge in [-0.25, -0.2) is 9.48 Å². The van der Waals surface area contributed by atoms with E-state index < -0.39 is 5.97 Å². The maximum absolute atomic E-state index is 11.1. The van der Waals surface area contributed by atoms with Crippen LogP contribution in [0.25, 0.3) is 28.1 Å². The van der Waals surface area contributed by atoms with Crippen LogP contribution in [0.2, 0.25) is 0 Å². The summed E-state index contributed by atoms with van der Waals surface area (Å²) in [6.07, 6.45) is 0.915. The summed E-state index contributed by atoms with van der Waals surface area (Å²) in [6.45, 7) is 0.871. The van der Waals surface area contributed by atoms with Gasteiger partial charge in [-0.3, -0.25) is 0 Å². The Bertz CT molecular complexity index is 1180. The van der Waals surface area contributed by atoms with Gasteiger partial charge in [-0.2, -0.15) is 5.10 Å². The van der Waals surface area contributed by atoms with E-state index >= 15 is 0 Å². The van der Waals surface area contributed by atoms with Gasteiger partial charge in [0.1, 0.15) is 5.82 Å². The summed E-state index contributed by atoms with van der Waals surface area (Å²) in [7, 11) is 0. The van der Waals surface area contributed by atoms with Gasteiger partial charge >= 0.3 is 5.97 Å².